The van der Waals surface area contributed by atoms with Crippen LogP contribution in [-0.4, -0.2) is 16.1 Å². The van der Waals surface area contributed by atoms with Crippen molar-refractivity contribution in [2.45, 2.75) is 12.7 Å². The highest BCUT2D eigenvalue weighted by Crippen LogP contribution is 2.30. The van der Waals surface area contributed by atoms with Crippen LogP contribution in [0.25, 0.3) is 11.3 Å². The number of alkyl halides is 3. The number of rotatable bonds is 3. The molecule has 0 aliphatic carbocycles. The minimum absolute atomic E-state index is 0.0443. The van der Waals surface area contributed by atoms with Crippen LogP contribution in [0.2, 0.25) is 0 Å². The van der Waals surface area contributed by atoms with Crippen molar-refractivity contribution in [1.29, 1.82) is 0 Å². The number of nitrogens with two attached hydrogens (primary N) is 1. The van der Waals surface area contributed by atoms with E-state index in [1.54, 1.807) is 0 Å². The molecule has 5 nitrogen and oxygen atoms in total. The molecule has 0 aliphatic heterocycles. The van der Waals surface area contributed by atoms with Gasteiger partial charge in [-0.1, -0.05) is 12.1 Å². The van der Waals surface area contributed by atoms with Crippen LogP contribution in [0.5, 0.6) is 0 Å². The zero-order valence-corrected chi connectivity index (χ0v) is 11.2. The molecule has 2 rings (SSSR count). The summed E-state index contributed by atoms with van der Waals surface area (Å²) >= 11 is 0. The fraction of sp³-hybridized carbons (Fsp3) is 0.143. The molecule has 1 aromatic heterocycles. The zero-order chi connectivity index (χ0) is 16.3. The van der Waals surface area contributed by atoms with Gasteiger partial charge in [-0.2, -0.15) is 13.2 Å². The van der Waals surface area contributed by atoms with E-state index in [0.717, 1.165) is 6.07 Å². The summed E-state index contributed by atoms with van der Waals surface area (Å²) in [7, 11) is 0. The molecule has 0 aliphatic rings. The third-order valence-electron chi connectivity index (χ3n) is 2.93. The first-order chi connectivity index (χ1) is 10.3. The lowest BCUT2D eigenvalue weighted by Crippen LogP contribution is -2.18. The lowest BCUT2D eigenvalue weighted by molar-refractivity contribution is -0.141. The van der Waals surface area contributed by atoms with E-state index < -0.39 is 17.8 Å². The molecule has 0 saturated carbocycles. The van der Waals surface area contributed by atoms with Crippen molar-refractivity contribution in [3.8, 4) is 11.3 Å². The SMILES string of the molecule is NCc1cc(-c2cccc(C(=O)NO)c2)nc(C(F)(F)F)c1. The van der Waals surface area contributed by atoms with Gasteiger partial charge < -0.3 is 5.73 Å². The second-order valence-electron chi connectivity index (χ2n) is 4.47. The molecule has 1 aromatic carbocycles. The van der Waals surface area contributed by atoms with E-state index in [2.05, 4.69) is 4.98 Å². The molecule has 0 bridgehead atoms. The Morgan fingerprint density at radius 1 is 1.27 bits per heavy atom. The van der Waals surface area contributed by atoms with Crippen molar-refractivity contribution in [1.82, 2.24) is 10.5 Å². The smallest absolute Gasteiger partial charge is 0.326 e. The minimum atomic E-state index is -4.60. The van der Waals surface area contributed by atoms with Gasteiger partial charge in [0.05, 0.1) is 5.69 Å². The molecule has 22 heavy (non-hydrogen) atoms. The molecule has 0 spiro atoms. The van der Waals surface area contributed by atoms with Crippen molar-refractivity contribution in [2.75, 3.05) is 0 Å². The number of amides is 1. The Bertz CT molecular complexity index is 702. The second-order valence-corrected chi connectivity index (χ2v) is 4.47. The molecule has 0 atom stereocenters. The first-order valence-corrected chi connectivity index (χ1v) is 6.18. The topological polar surface area (TPSA) is 88.2 Å². The number of carbonyl (C=O) groups is 1. The van der Waals surface area contributed by atoms with Gasteiger partial charge in [-0.25, -0.2) is 10.5 Å². The van der Waals surface area contributed by atoms with Gasteiger partial charge in [-0.3, -0.25) is 10.0 Å². The summed E-state index contributed by atoms with van der Waals surface area (Å²) in [6.45, 7) is -0.0740. The standard InChI is InChI=1S/C14H12F3N3O2/c15-14(16,17)12-5-8(7-18)4-11(19-12)9-2-1-3-10(6-9)13(21)20-22/h1-6,22H,7,18H2,(H,20,21). The van der Waals surface area contributed by atoms with Crippen molar-refractivity contribution in [3.63, 3.8) is 0 Å². The van der Waals surface area contributed by atoms with Gasteiger partial charge in [0, 0.05) is 17.7 Å². The molecule has 0 unspecified atom stereocenters. The number of benzene rings is 1. The van der Waals surface area contributed by atoms with Crippen LogP contribution in [0.3, 0.4) is 0 Å². The predicted octanol–water partition coefficient (Wildman–Crippen LogP) is 2.35. The van der Waals surface area contributed by atoms with Crippen LogP contribution < -0.4 is 11.2 Å². The summed E-state index contributed by atoms with van der Waals surface area (Å²) in [6, 6.07) is 8.03. The van der Waals surface area contributed by atoms with Crippen LogP contribution >= 0.6 is 0 Å². The lowest BCUT2D eigenvalue weighted by Gasteiger charge is -2.11. The van der Waals surface area contributed by atoms with Gasteiger partial charge in [-0.05, 0) is 29.8 Å². The molecule has 1 heterocycles. The predicted molar refractivity (Wildman–Crippen MR) is 71.8 cm³/mol. The van der Waals surface area contributed by atoms with Crippen LogP contribution in [0.15, 0.2) is 36.4 Å². The third kappa shape index (κ3) is 3.41. The van der Waals surface area contributed by atoms with E-state index in [4.69, 9.17) is 10.9 Å². The molecule has 4 N–H and O–H groups in total. The number of hydrogen-bond acceptors (Lipinski definition) is 4. The number of nitrogens with zero attached hydrogens (tertiary/aromatic N) is 1. The van der Waals surface area contributed by atoms with Crippen LogP contribution in [0.4, 0.5) is 13.2 Å². The third-order valence-corrected chi connectivity index (χ3v) is 2.93. The monoisotopic (exact) mass is 311 g/mol. The van der Waals surface area contributed by atoms with E-state index in [1.807, 2.05) is 0 Å². The highest BCUT2D eigenvalue weighted by atomic mass is 19.4. The lowest BCUT2D eigenvalue weighted by atomic mass is 10.0. The number of hydrogen-bond donors (Lipinski definition) is 3. The molecule has 0 saturated heterocycles. The summed E-state index contributed by atoms with van der Waals surface area (Å²) in [4.78, 5) is 14.9. The largest absolute Gasteiger partial charge is 0.433 e. The second kappa shape index (κ2) is 6.12. The van der Waals surface area contributed by atoms with Crippen LogP contribution in [0, 0.1) is 0 Å². The molecule has 8 heteroatoms. The fourth-order valence-corrected chi connectivity index (χ4v) is 1.88. The molecule has 1 amide bonds. The molecule has 2 aromatic rings. The number of pyridine rings is 1. The normalized spacial score (nSPS) is 11.3. The number of halogens is 3. The molecule has 0 fully saturated rings. The Morgan fingerprint density at radius 3 is 2.59 bits per heavy atom. The molecular weight excluding hydrogens is 299 g/mol. The summed E-state index contributed by atoms with van der Waals surface area (Å²) in [5, 5.41) is 8.60. The number of aromatic nitrogens is 1. The minimum Gasteiger partial charge on any atom is -0.326 e. The van der Waals surface area contributed by atoms with Gasteiger partial charge in [0.2, 0.25) is 0 Å². The van der Waals surface area contributed by atoms with Crippen molar-refractivity contribution >= 4 is 5.91 Å². The van der Waals surface area contributed by atoms with Gasteiger partial charge >= 0.3 is 6.18 Å². The first kappa shape index (κ1) is 15.9. The van der Waals surface area contributed by atoms with E-state index in [0.29, 0.717) is 5.56 Å². The van der Waals surface area contributed by atoms with Gasteiger partial charge in [0.1, 0.15) is 5.69 Å². The zero-order valence-electron chi connectivity index (χ0n) is 11.2. The first-order valence-electron chi connectivity index (χ1n) is 6.18. The molecule has 0 radical (unpaired) electrons. The number of hydroxylamine groups is 1. The number of nitrogens with one attached hydrogen (secondary N) is 1. The Morgan fingerprint density at radius 2 is 2.00 bits per heavy atom. The average Bonchev–Trinajstić information content (AvgIpc) is 2.52. The fourth-order valence-electron chi connectivity index (χ4n) is 1.88. The maximum atomic E-state index is 12.9. The van der Waals surface area contributed by atoms with E-state index in [-0.39, 0.29) is 23.4 Å². The Kier molecular flexibility index (Phi) is 4.43. The van der Waals surface area contributed by atoms with E-state index in [1.165, 1.54) is 35.8 Å². The highest BCUT2D eigenvalue weighted by molar-refractivity contribution is 5.94. The van der Waals surface area contributed by atoms with Crippen LogP contribution in [0.1, 0.15) is 21.6 Å². The summed E-state index contributed by atoms with van der Waals surface area (Å²) in [5.74, 6) is -0.770. The van der Waals surface area contributed by atoms with Crippen molar-refractivity contribution < 1.29 is 23.2 Å². The molecule has 116 valence electrons. The summed E-state index contributed by atoms with van der Waals surface area (Å²) in [6.07, 6.45) is -4.60. The maximum Gasteiger partial charge on any atom is 0.433 e. The van der Waals surface area contributed by atoms with Gasteiger partial charge in [0.15, 0.2) is 0 Å². The Hall–Kier alpha value is -2.45. The Balaban J connectivity index is 2.55. The highest BCUT2D eigenvalue weighted by Gasteiger charge is 2.33. The number of carbonyl (C=O) groups excluding carboxylic acids is 1. The maximum absolute atomic E-state index is 12.9. The van der Waals surface area contributed by atoms with E-state index in [9.17, 15) is 18.0 Å². The quantitative estimate of drug-likeness (QED) is 0.600. The molecular formula is C14H12F3N3O2. The summed E-state index contributed by atoms with van der Waals surface area (Å²) < 4.78 is 38.6. The van der Waals surface area contributed by atoms with Gasteiger partial charge in [-0.15, -0.1) is 0 Å². The van der Waals surface area contributed by atoms with Crippen LogP contribution in [-0.2, 0) is 12.7 Å². The van der Waals surface area contributed by atoms with Crippen molar-refractivity contribution in [2.24, 2.45) is 5.73 Å². The average molecular weight is 311 g/mol. The van der Waals surface area contributed by atoms with E-state index >= 15 is 0 Å². The van der Waals surface area contributed by atoms with Crippen molar-refractivity contribution in [3.05, 3.63) is 53.2 Å². The Labute approximate surface area is 123 Å². The summed E-state index contributed by atoms with van der Waals surface area (Å²) in [5.41, 5.74) is 6.54. The van der Waals surface area contributed by atoms with Gasteiger partial charge in [0.25, 0.3) is 5.91 Å².